The summed E-state index contributed by atoms with van der Waals surface area (Å²) in [6.45, 7) is 1.68. The van der Waals surface area contributed by atoms with Gasteiger partial charge in [-0.05, 0) is 18.9 Å². The van der Waals surface area contributed by atoms with Gasteiger partial charge < -0.3 is 4.74 Å². The molecule has 0 saturated heterocycles. The molecule has 0 aliphatic heterocycles. The van der Waals surface area contributed by atoms with E-state index in [0.717, 1.165) is 6.07 Å². The second-order valence-corrected chi connectivity index (χ2v) is 4.55. The summed E-state index contributed by atoms with van der Waals surface area (Å²) in [5.74, 6) is -1.54. The molecule has 0 heterocycles. The van der Waals surface area contributed by atoms with Gasteiger partial charge >= 0.3 is 6.36 Å². The van der Waals surface area contributed by atoms with Crippen molar-refractivity contribution in [3.63, 3.8) is 0 Å². The van der Waals surface area contributed by atoms with Gasteiger partial charge in [0.05, 0.1) is 5.41 Å². The van der Waals surface area contributed by atoms with E-state index in [0.29, 0.717) is 18.9 Å². The lowest BCUT2D eigenvalue weighted by Crippen LogP contribution is -2.21. The van der Waals surface area contributed by atoms with Crippen LogP contribution in [0.5, 0.6) is 5.75 Å². The number of rotatable bonds is 4. The highest BCUT2D eigenvalue weighted by Crippen LogP contribution is 2.50. The number of hydrogen-bond acceptors (Lipinski definition) is 2. The van der Waals surface area contributed by atoms with Gasteiger partial charge in [0.2, 0.25) is 0 Å². The van der Waals surface area contributed by atoms with Crippen LogP contribution in [-0.2, 0) is 10.2 Å². The minimum Gasteiger partial charge on any atom is -0.406 e. The van der Waals surface area contributed by atoms with Crippen molar-refractivity contribution in [2.24, 2.45) is 0 Å². The molecule has 1 aliphatic rings. The number of ketones is 1. The Balaban J connectivity index is 2.28. The molecule has 0 radical (unpaired) electrons. The number of carbonyl (C=O) groups is 1. The first kappa shape index (κ1) is 13.8. The van der Waals surface area contributed by atoms with Crippen molar-refractivity contribution in [1.82, 2.24) is 0 Å². The Morgan fingerprint density at radius 3 is 2.42 bits per heavy atom. The highest BCUT2D eigenvalue weighted by molar-refractivity contribution is 5.92. The number of hydrogen-bond donors (Lipinski definition) is 0. The smallest absolute Gasteiger partial charge is 0.406 e. The zero-order valence-corrected chi connectivity index (χ0v) is 10.2. The molecule has 1 aromatic rings. The van der Waals surface area contributed by atoms with Crippen LogP contribution in [0.1, 0.15) is 31.7 Å². The molecular weight excluding hydrogens is 264 g/mol. The fourth-order valence-electron chi connectivity index (χ4n) is 2.24. The molecule has 1 fully saturated rings. The lowest BCUT2D eigenvalue weighted by molar-refractivity contribution is -0.274. The van der Waals surface area contributed by atoms with Crippen molar-refractivity contribution in [3.05, 3.63) is 29.6 Å². The van der Waals surface area contributed by atoms with Gasteiger partial charge in [0.25, 0.3) is 0 Å². The molecule has 0 atom stereocenters. The van der Waals surface area contributed by atoms with Crippen molar-refractivity contribution in [1.29, 1.82) is 0 Å². The van der Waals surface area contributed by atoms with Gasteiger partial charge in [-0.2, -0.15) is 0 Å². The van der Waals surface area contributed by atoms with E-state index in [1.54, 1.807) is 6.92 Å². The van der Waals surface area contributed by atoms with E-state index in [9.17, 15) is 22.4 Å². The number of ether oxygens (including phenoxy) is 1. The van der Waals surface area contributed by atoms with Crippen molar-refractivity contribution in [3.8, 4) is 5.75 Å². The Labute approximate surface area is 107 Å². The summed E-state index contributed by atoms with van der Waals surface area (Å²) in [7, 11) is 0. The third-order valence-electron chi connectivity index (χ3n) is 3.29. The van der Waals surface area contributed by atoms with Crippen LogP contribution in [0.2, 0.25) is 0 Å². The van der Waals surface area contributed by atoms with Gasteiger partial charge in [-0.1, -0.05) is 13.0 Å². The predicted molar refractivity (Wildman–Crippen MR) is 59.3 cm³/mol. The molecule has 19 heavy (non-hydrogen) atoms. The Morgan fingerprint density at radius 1 is 1.37 bits per heavy atom. The number of Topliss-reactive ketones (excluding diaryl/α,β-unsaturated/α-hetero) is 1. The fourth-order valence-corrected chi connectivity index (χ4v) is 2.24. The first-order valence-electron chi connectivity index (χ1n) is 5.87. The lowest BCUT2D eigenvalue weighted by atomic mass is 9.89. The quantitative estimate of drug-likeness (QED) is 0.783. The van der Waals surface area contributed by atoms with Crippen LogP contribution in [0.25, 0.3) is 0 Å². The predicted octanol–water partition coefficient (Wildman–Crippen LogP) is 3.74. The van der Waals surface area contributed by atoms with E-state index in [1.807, 2.05) is 0 Å². The second-order valence-electron chi connectivity index (χ2n) is 4.55. The van der Waals surface area contributed by atoms with Gasteiger partial charge in [-0.3, -0.25) is 4.79 Å². The Morgan fingerprint density at radius 2 is 2.00 bits per heavy atom. The molecular formula is C13H12F4O2. The molecule has 1 aromatic carbocycles. The van der Waals surface area contributed by atoms with Crippen LogP contribution >= 0.6 is 0 Å². The van der Waals surface area contributed by atoms with E-state index in [1.165, 1.54) is 6.07 Å². The minimum absolute atomic E-state index is 0.0871. The van der Waals surface area contributed by atoms with Crippen LogP contribution in [0.3, 0.4) is 0 Å². The third kappa shape index (κ3) is 2.72. The van der Waals surface area contributed by atoms with E-state index < -0.39 is 23.3 Å². The molecule has 6 heteroatoms. The molecule has 0 N–H and O–H groups in total. The van der Waals surface area contributed by atoms with Crippen LogP contribution in [0.4, 0.5) is 17.6 Å². The van der Waals surface area contributed by atoms with Gasteiger partial charge in [-0.15, -0.1) is 13.2 Å². The molecule has 0 spiro atoms. The summed E-state index contributed by atoms with van der Waals surface area (Å²) < 4.78 is 53.5. The highest BCUT2D eigenvalue weighted by atomic mass is 19.4. The summed E-state index contributed by atoms with van der Waals surface area (Å²) in [5, 5.41) is 0. The van der Waals surface area contributed by atoms with E-state index >= 15 is 0 Å². The van der Waals surface area contributed by atoms with E-state index in [2.05, 4.69) is 4.74 Å². The number of alkyl halides is 3. The third-order valence-corrected chi connectivity index (χ3v) is 3.29. The fraction of sp³-hybridized carbons (Fsp3) is 0.462. The maximum absolute atomic E-state index is 13.9. The first-order chi connectivity index (χ1) is 8.78. The average Bonchev–Trinajstić information content (AvgIpc) is 3.07. The maximum Gasteiger partial charge on any atom is 0.573 e. The summed E-state index contributed by atoms with van der Waals surface area (Å²) in [4.78, 5) is 11.8. The Bertz CT molecular complexity index is 504. The Hall–Kier alpha value is -1.59. The Kier molecular flexibility index (Phi) is 3.28. The largest absolute Gasteiger partial charge is 0.573 e. The molecule has 2 nitrogen and oxygen atoms in total. The number of carbonyl (C=O) groups excluding carboxylic acids is 1. The van der Waals surface area contributed by atoms with Crippen LogP contribution in [0, 0.1) is 5.82 Å². The molecule has 0 bridgehead atoms. The molecule has 1 saturated carbocycles. The summed E-state index contributed by atoms with van der Waals surface area (Å²) in [5.41, 5.74) is -0.677. The van der Waals surface area contributed by atoms with Crippen LogP contribution < -0.4 is 4.74 Å². The van der Waals surface area contributed by atoms with Crippen LogP contribution in [0.15, 0.2) is 18.2 Å². The summed E-state index contributed by atoms with van der Waals surface area (Å²) in [6.07, 6.45) is -3.50. The molecule has 0 unspecified atom stereocenters. The monoisotopic (exact) mass is 276 g/mol. The number of halogens is 4. The van der Waals surface area contributed by atoms with Crippen LogP contribution in [-0.4, -0.2) is 12.1 Å². The molecule has 1 aliphatic carbocycles. The normalized spacial score (nSPS) is 17.1. The number of benzene rings is 1. The molecule has 0 aromatic heterocycles. The standard InChI is InChI=1S/C13H12F4O2/c1-2-11(18)12(5-6-12)9-4-3-8(7-10(9)14)19-13(15,16)17/h3-4,7H,2,5-6H2,1H3. The van der Waals surface area contributed by atoms with Crippen molar-refractivity contribution in [2.45, 2.75) is 38.0 Å². The topological polar surface area (TPSA) is 26.3 Å². The summed E-state index contributed by atoms with van der Waals surface area (Å²) >= 11 is 0. The first-order valence-corrected chi connectivity index (χ1v) is 5.87. The molecule has 2 rings (SSSR count). The van der Waals surface area contributed by atoms with Gasteiger partial charge in [-0.25, -0.2) is 4.39 Å². The SMILES string of the molecule is CCC(=O)C1(c2ccc(OC(F)(F)F)cc2F)CC1. The van der Waals surface area contributed by atoms with E-state index in [4.69, 9.17) is 0 Å². The maximum atomic E-state index is 13.9. The van der Waals surface area contributed by atoms with Crippen molar-refractivity contribution >= 4 is 5.78 Å². The zero-order chi connectivity index (χ0) is 14.3. The molecule has 0 amide bonds. The minimum atomic E-state index is -4.86. The lowest BCUT2D eigenvalue weighted by Gasteiger charge is -2.16. The summed E-state index contributed by atoms with van der Waals surface area (Å²) in [6, 6.07) is 2.91. The van der Waals surface area contributed by atoms with Gasteiger partial charge in [0.15, 0.2) is 0 Å². The van der Waals surface area contributed by atoms with Crippen molar-refractivity contribution < 1.29 is 27.1 Å². The van der Waals surface area contributed by atoms with E-state index in [-0.39, 0.29) is 17.8 Å². The van der Waals surface area contributed by atoms with Gasteiger partial charge in [0, 0.05) is 18.1 Å². The second kappa shape index (κ2) is 4.51. The van der Waals surface area contributed by atoms with Gasteiger partial charge in [0.1, 0.15) is 17.3 Å². The van der Waals surface area contributed by atoms with Crippen molar-refractivity contribution in [2.75, 3.05) is 0 Å². The highest BCUT2D eigenvalue weighted by Gasteiger charge is 2.51. The average molecular weight is 276 g/mol. The molecule has 104 valence electrons. The zero-order valence-electron chi connectivity index (χ0n) is 10.2.